The molecule has 0 atom stereocenters. The normalized spacial score (nSPS) is 10.3. The van der Waals surface area contributed by atoms with Crippen LogP contribution >= 0.6 is 0 Å². The molecule has 0 aliphatic rings. The quantitative estimate of drug-likeness (QED) is 0.557. The van der Waals surface area contributed by atoms with Crippen molar-refractivity contribution in [3.8, 4) is 5.75 Å². The Morgan fingerprint density at radius 1 is 1.64 bits per heavy atom. The van der Waals surface area contributed by atoms with Gasteiger partial charge in [0.05, 0.1) is 12.7 Å². The van der Waals surface area contributed by atoms with Gasteiger partial charge in [-0.1, -0.05) is 0 Å². The average Bonchev–Trinajstić information content (AvgIpc) is 2.16. The number of pyridine rings is 1. The van der Waals surface area contributed by atoms with Crippen molar-refractivity contribution in [3.63, 3.8) is 0 Å². The molecule has 1 aromatic rings. The molecule has 1 heterocycles. The molecule has 0 N–H and O–H groups in total. The molecule has 14 heavy (non-hydrogen) atoms. The Morgan fingerprint density at radius 2 is 2.29 bits per heavy atom. The van der Waals surface area contributed by atoms with E-state index in [1.165, 1.54) is 0 Å². The molecule has 0 spiro atoms. The van der Waals surface area contributed by atoms with Crippen LogP contribution in [0, 0.1) is 10.1 Å². The van der Waals surface area contributed by atoms with E-state index in [0.717, 1.165) is 19.4 Å². The van der Waals surface area contributed by atoms with E-state index in [2.05, 4.69) is 9.72 Å². The maximum atomic E-state index is 12.3. The first-order chi connectivity index (χ1) is 6.57. The van der Waals surface area contributed by atoms with Crippen molar-refractivity contribution in [1.29, 1.82) is 0 Å². The summed E-state index contributed by atoms with van der Waals surface area (Å²) in [7, 11) is 1.08. The average molecular weight is 204 g/mol. The van der Waals surface area contributed by atoms with E-state index in [1.807, 2.05) is 0 Å². The van der Waals surface area contributed by atoms with E-state index in [1.54, 1.807) is 0 Å². The van der Waals surface area contributed by atoms with E-state index in [-0.39, 0.29) is 0 Å². The molecule has 0 unspecified atom stereocenters. The van der Waals surface area contributed by atoms with Crippen molar-refractivity contribution >= 4 is 5.82 Å². The van der Waals surface area contributed by atoms with Crippen molar-refractivity contribution < 1.29 is 18.4 Å². The standard InChI is InChI=1S/C7H6F2N2O3/c1-14-5-4(6(8)9)2-3-10-7(5)11(12)13/h2-3,6H,1H3. The van der Waals surface area contributed by atoms with Gasteiger partial charge in [-0.05, 0) is 16.0 Å². The summed E-state index contributed by atoms with van der Waals surface area (Å²) >= 11 is 0. The summed E-state index contributed by atoms with van der Waals surface area (Å²) in [5.41, 5.74) is -0.533. The van der Waals surface area contributed by atoms with Gasteiger partial charge in [-0.2, -0.15) is 0 Å². The second-order valence-electron chi connectivity index (χ2n) is 2.31. The number of rotatable bonds is 3. The highest BCUT2D eigenvalue weighted by Gasteiger charge is 2.24. The minimum absolute atomic E-state index is 0.493. The number of hydrogen-bond donors (Lipinski definition) is 0. The number of ether oxygens (including phenoxy) is 1. The van der Waals surface area contributed by atoms with Gasteiger partial charge in [0, 0.05) is 0 Å². The fraction of sp³-hybridized carbons (Fsp3) is 0.286. The predicted octanol–water partition coefficient (Wildman–Crippen LogP) is 1.94. The highest BCUT2D eigenvalue weighted by molar-refractivity contribution is 5.46. The van der Waals surface area contributed by atoms with Crippen molar-refractivity contribution in [3.05, 3.63) is 27.9 Å². The zero-order valence-corrected chi connectivity index (χ0v) is 7.11. The van der Waals surface area contributed by atoms with Crippen LogP contribution in [0.4, 0.5) is 14.6 Å². The number of nitrogens with zero attached hydrogens (tertiary/aromatic N) is 2. The largest absolute Gasteiger partial charge is 0.489 e. The van der Waals surface area contributed by atoms with E-state index in [9.17, 15) is 18.9 Å². The molecule has 0 radical (unpaired) electrons. The number of aromatic nitrogens is 1. The van der Waals surface area contributed by atoms with Gasteiger partial charge in [0.25, 0.3) is 6.43 Å². The first-order valence-electron chi connectivity index (χ1n) is 3.53. The van der Waals surface area contributed by atoms with Crippen LogP contribution in [-0.2, 0) is 0 Å². The second kappa shape index (κ2) is 3.95. The third kappa shape index (κ3) is 1.76. The third-order valence-corrected chi connectivity index (χ3v) is 1.53. The van der Waals surface area contributed by atoms with Gasteiger partial charge in [-0.25, -0.2) is 8.78 Å². The number of alkyl halides is 2. The summed E-state index contributed by atoms with van der Waals surface area (Å²) in [5, 5.41) is 10.4. The monoisotopic (exact) mass is 204 g/mol. The molecule has 1 aromatic heterocycles. The molecule has 0 saturated carbocycles. The summed E-state index contributed by atoms with van der Waals surface area (Å²) < 4.78 is 29.2. The van der Waals surface area contributed by atoms with Gasteiger partial charge in [0.15, 0.2) is 0 Å². The Morgan fingerprint density at radius 3 is 2.71 bits per heavy atom. The third-order valence-electron chi connectivity index (χ3n) is 1.53. The molecule has 0 fully saturated rings. The van der Waals surface area contributed by atoms with Crippen LogP contribution in [-0.4, -0.2) is 17.0 Å². The van der Waals surface area contributed by atoms with E-state index in [4.69, 9.17) is 0 Å². The van der Waals surface area contributed by atoms with Crippen LogP contribution < -0.4 is 4.74 Å². The summed E-state index contributed by atoms with van der Waals surface area (Å²) in [6.07, 6.45) is -1.88. The summed E-state index contributed by atoms with van der Waals surface area (Å²) in [6, 6.07) is 0.983. The van der Waals surface area contributed by atoms with Crippen molar-refractivity contribution in [1.82, 2.24) is 4.98 Å². The number of halogens is 2. The molecular weight excluding hydrogens is 198 g/mol. The summed E-state index contributed by atoms with van der Waals surface area (Å²) in [5.74, 6) is -1.20. The highest BCUT2D eigenvalue weighted by atomic mass is 19.3. The lowest BCUT2D eigenvalue weighted by Gasteiger charge is -2.05. The molecule has 0 amide bonds. The van der Waals surface area contributed by atoms with Crippen LogP contribution in [0.25, 0.3) is 0 Å². The van der Waals surface area contributed by atoms with Crippen molar-refractivity contribution in [2.45, 2.75) is 6.43 Å². The molecular formula is C7H6F2N2O3. The van der Waals surface area contributed by atoms with Crippen LogP contribution in [0.3, 0.4) is 0 Å². The summed E-state index contributed by atoms with van der Waals surface area (Å²) in [6.45, 7) is 0. The molecule has 0 bridgehead atoms. The Kier molecular flexibility index (Phi) is 2.90. The van der Waals surface area contributed by atoms with Gasteiger partial charge in [0.2, 0.25) is 5.75 Å². The van der Waals surface area contributed by atoms with Gasteiger partial charge in [0.1, 0.15) is 6.20 Å². The first-order valence-corrected chi connectivity index (χ1v) is 3.53. The Bertz CT molecular complexity index is 357. The van der Waals surface area contributed by atoms with Gasteiger partial charge < -0.3 is 14.9 Å². The Balaban J connectivity index is 3.32. The number of nitro groups is 1. The molecule has 76 valence electrons. The van der Waals surface area contributed by atoms with Crippen molar-refractivity contribution in [2.24, 2.45) is 0 Å². The van der Waals surface area contributed by atoms with Crippen LogP contribution in [0.1, 0.15) is 12.0 Å². The molecule has 0 aliphatic carbocycles. The highest BCUT2D eigenvalue weighted by Crippen LogP contribution is 2.34. The van der Waals surface area contributed by atoms with Crippen LogP contribution in [0.15, 0.2) is 12.3 Å². The molecule has 0 aromatic carbocycles. The molecule has 5 nitrogen and oxygen atoms in total. The van der Waals surface area contributed by atoms with E-state index in [0.29, 0.717) is 0 Å². The minimum Gasteiger partial charge on any atom is -0.489 e. The zero-order chi connectivity index (χ0) is 10.7. The van der Waals surface area contributed by atoms with Gasteiger partial charge >= 0.3 is 5.82 Å². The SMILES string of the molecule is COc1c(C(F)F)ccnc1[N+](=O)[O-]. The topological polar surface area (TPSA) is 65.3 Å². The summed E-state index contributed by atoms with van der Waals surface area (Å²) in [4.78, 5) is 12.8. The fourth-order valence-corrected chi connectivity index (χ4v) is 0.963. The smallest absolute Gasteiger partial charge is 0.406 e. The lowest BCUT2D eigenvalue weighted by atomic mass is 10.2. The molecule has 0 saturated heterocycles. The van der Waals surface area contributed by atoms with Crippen LogP contribution in [0.2, 0.25) is 0 Å². The van der Waals surface area contributed by atoms with E-state index >= 15 is 0 Å². The Labute approximate surface area is 77.5 Å². The van der Waals surface area contributed by atoms with Crippen LogP contribution in [0.5, 0.6) is 5.75 Å². The maximum absolute atomic E-state index is 12.3. The van der Waals surface area contributed by atoms with Gasteiger partial charge in [-0.15, -0.1) is 0 Å². The first kappa shape index (κ1) is 10.3. The molecule has 1 rings (SSSR count). The number of hydrogen-bond acceptors (Lipinski definition) is 4. The predicted molar refractivity (Wildman–Crippen MR) is 42.4 cm³/mol. The lowest BCUT2D eigenvalue weighted by Crippen LogP contribution is -2.00. The van der Waals surface area contributed by atoms with Crippen molar-refractivity contribution in [2.75, 3.05) is 7.11 Å². The lowest BCUT2D eigenvalue weighted by molar-refractivity contribution is -0.390. The van der Waals surface area contributed by atoms with E-state index < -0.39 is 28.5 Å². The number of methoxy groups -OCH3 is 1. The molecule has 7 heteroatoms. The zero-order valence-electron chi connectivity index (χ0n) is 7.11. The Hall–Kier alpha value is -1.79. The molecule has 0 aliphatic heterocycles. The fourth-order valence-electron chi connectivity index (χ4n) is 0.963. The second-order valence-corrected chi connectivity index (χ2v) is 2.31. The van der Waals surface area contributed by atoms with Gasteiger partial charge in [-0.3, -0.25) is 0 Å². The maximum Gasteiger partial charge on any atom is 0.406 e. The minimum atomic E-state index is -2.83.